The Bertz CT molecular complexity index is 134. The van der Waals surface area contributed by atoms with Crippen LogP contribution < -0.4 is 0 Å². The zero-order chi connectivity index (χ0) is 7.11. The predicted octanol–water partition coefficient (Wildman–Crippen LogP) is 0.965. The summed E-state index contributed by atoms with van der Waals surface area (Å²) in [4.78, 5) is 3.77. The molecule has 0 atom stereocenters. The molecule has 50 valence electrons. The van der Waals surface area contributed by atoms with Crippen LogP contribution in [-0.4, -0.2) is 19.0 Å². The van der Waals surface area contributed by atoms with Gasteiger partial charge in [-0.15, -0.1) is 0 Å². The fraction of sp³-hybridized carbons (Fsp3) is 0.667. The summed E-state index contributed by atoms with van der Waals surface area (Å²) in [6.07, 6.45) is 0. The van der Waals surface area contributed by atoms with Gasteiger partial charge in [-0.3, -0.25) is 0 Å². The molecule has 3 nitrogen and oxygen atoms in total. The first-order valence-electron chi connectivity index (χ1n) is 2.82. The minimum absolute atomic E-state index is 0.186. The molecule has 0 heterocycles. The smallest absolute Gasteiger partial charge is 0.180 e. The molecule has 0 aromatic rings. The first-order chi connectivity index (χ1) is 4.31. The van der Waals surface area contributed by atoms with E-state index >= 15 is 0 Å². The Morgan fingerprint density at radius 3 is 2.89 bits per heavy atom. The number of ether oxygens (including phenoxy) is 1. The maximum atomic E-state index is 8.07. The number of hydrogen-bond acceptors (Lipinski definition) is 3. The van der Waals surface area contributed by atoms with Crippen molar-refractivity contribution in [2.75, 3.05) is 13.2 Å². The molecule has 0 amide bonds. The average molecular weight is 126 g/mol. The SMILES string of the molecule is CCOC(C)=NCC#N. The Labute approximate surface area is 55.0 Å². The molecule has 0 rings (SSSR count). The van der Waals surface area contributed by atoms with Crippen LogP contribution in [0.25, 0.3) is 0 Å². The fourth-order valence-corrected chi connectivity index (χ4v) is 0.401. The molecule has 0 aromatic carbocycles. The van der Waals surface area contributed by atoms with Gasteiger partial charge in [-0.05, 0) is 6.92 Å². The summed E-state index contributed by atoms with van der Waals surface area (Å²) in [6, 6.07) is 1.89. The molecule has 3 heteroatoms. The van der Waals surface area contributed by atoms with Crippen molar-refractivity contribution in [1.82, 2.24) is 0 Å². The molecule has 0 aromatic heterocycles. The summed E-state index contributed by atoms with van der Waals surface area (Å²) >= 11 is 0. The van der Waals surface area contributed by atoms with Crippen molar-refractivity contribution in [2.24, 2.45) is 4.99 Å². The van der Waals surface area contributed by atoms with Crippen LogP contribution in [0.1, 0.15) is 13.8 Å². The van der Waals surface area contributed by atoms with Crippen LogP contribution in [0.4, 0.5) is 0 Å². The van der Waals surface area contributed by atoms with Gasteiger partial charge in [-0.2, -0.15) is 5.26 Å². The van der Waals surface area contributed by atoms with Crippen LogP contribution in [0, 0.1) is 11.3 Å². The number of rotatable bonds is 2. The molecule has 0 bridgehead atoms. The molecule has 0 saturated carbocycles. The number of hydrogen-bond donors (Lipinski definition) is 0. The number of nitrogens with zero attached hydrogens (tertiary/aromatic N) is 2. The normalized spacial score (nSPS) is 10.6. The molecule has 9 heavy (non-hydrogen) atoms. The molecule has 0 aliphatic rings. The summed E-state index contributed by atoms with van der Waals surface area (Å²) < 4.78 is 4.94. The molecule has 0 N–H and O–H groups in total. The summed E-state index contributed by atoms with van der Waals surface area (Å²) in [5.41, 5.74) is 0. The van der Waals surface area contributed by atoms with Crippen molar-refractivity contribution < 1.29 is 4.74 Å². The molecular weight excluding hydrogens is 116 g/mol. The van der Waals surface area contributed by atoms with Crippen molar-refractivity contribution in [2.45, 2.75) is 13.8 Å². The van der Waals surface area contributed by atoms with Gasteiger partial charge in [0.15, 0.2) is 5.90 Å². The third-order valence-corrected chi connectivity index (χ3v) is 0.726. The first kappa shape index (κ1) is 7.96. The Morgan fingerprint density at radius 2 is 2.44 bits per heavy atom. The van der Waals surface area contributed by atoms with E-state index in [2.05, 4.69) is 4.99 Å². The molecule has 0 radical (unpaired) electrons. The molecule has 0 spiro atoms. The quantitative estimate of drug-likeness (QED) is 0.314. The van der Waals surface area contributed by atoms with Crippen molar-refractivity contribution in [3.05, 3.63) is 0 Å². The Balaban J connectivity index is 3.45. The monoisotopic (exact) mass is 126 g/mol. The molecule has 0 saturated heterocycles. The second kappa shape index (κ2) is 5.10. The minimum atomic E-state index is 0.186. The van der Waals surface area contributed by atoms with Gasteiger partial charge in [0.1, 0.15) is 6.54 Å². The summed E-state index contributed by atoms with van der Waals surface area (Å²) in [5.74, 6) is 0.582. The van der Waals surface area contributed by atoms with Gasteiger partial charge in [0, 0.05) is 6.92 Å². The van der Waals surface area contributed by atoms with Gasteiger partial charge >= 0.3 is 0 Å². The highest BCUT2D eigenvalue weighted by atomic mass is 16.5. The third-order valence-electron chi connectivity index (χ3n) is 0.726. The van der Waals surface area contributed by atoms with E-state index in [-0.39, 0.29) is 6.54 Å². The zero-order valence-corrected chi connectivity index (χ0v) is 5.72. The van der Waals surface area contributed by atoms with Crippen LogP contribution in [0.15, 0.2) is 4.99 Å². The minimum Gasteiger partial charge on any atom is -0.481 e. The van der Waals surface area contributed by atoms with Crippen LogP contribution in [0.3, 0.4) is 0 Å². The van der Waals surface area contributed by atoms with E-state index in [1.807, 2.05) is 13.0 Å². The van der Waals surface area contributed by atoms with Gasteiger partial charge < -0.3 is 4.74 Å². The fourth-order valence-electron chi connectivity index (χ4n) is 0.401. The summed E-state index contributed by atoms with van der Waals surface area (Å²) in [5, 5.41) is 8.07. The maximum absolute atomic E-state index is 8.07. The van der Waals surface area contributed by atoms with E-state index < -0.39 is 0 Å². The lowest BCUT2D eigenvalue weighted by molar-refractivity contribution is 0.323. The van der Waals surface area contributed by atoms with Crippen molar-refractivity contribution in [3.8, 4) is 6.07 Å². The first-order valence-corrected chi connectivity index (χ1v) is 2.82. The van der Waals surface area contributed by atoms with Crippen LogP contribution in [0.2, 0.25) is 0 Å². The standard InChI is InChI=1S/C6H10N2O/c1-3-9-6(2)8-5-4-7/h3,5H2,1-2H3. The second-order valence-corrected chi connectivity index (χ2v) is 1.43. The van der Waals surface area contributed by atoms with E-state index in [9.17, 15) is 0 Å². The Kier molecular flexibility index (Phi) is 4.51. The van der Waals surface area contributed by atoms with Gasteiger partial charge in [0.05, 0.1) is 12.7 Å². The van der Waals surface area contributed by atoms with Crippen molar-refractivity contribution in [3.63, 3.8) is 0 Å². The molecule has 0 aliphatic carbocycles. The van der Waals surface area contributed by atoms with Gasteiger partial charge in [-0.25, -0.2) is 4.99 Å². The Hall–Kier alpha value is -1.04. The van der Waals surface area contributed by atoms with Gasteiger partial charge in [-0.1, -0.05) is 0 Å². The lowest BCUT2D eigenvalue weighted by Crippen LogP contribution is -1.98. The highest BCUT2D eigenvalue weighted by molar-refractivity contribution is 5.73. The maximum Gasteiger partial charge on any atom is 0.180 e. The highest BCUT2D eigenvalue weighted by Crippen LogP contribution is 1.79. The largest absolute Gasteiger partial charge is 0.481 e. The number of aliphatic imine (C=N–C) groups is 1. The highest BCUT2D eigenvalue weighted by Gasteiger charge is 1.84. The predicted molar refractivity (Wildman–Crippen MR) is 35.2 cm³/mol. The van der Waals surface area contributed by atoms with E-state index in [4.69, 9.17) is 10.00 Å². The van der Waals surface area contributed by atoms with E-state index in [0.717, 1.165) is 0 Å². The van der Waals surface area contributed by atoms with E-state index in [1.165, 1.54) is 0 Å². The summed E-state index contributed by atoms with van der Waals surface area (Å²) in [7, 11) is 0. The Morgan fingerprint density at radius 1 is 1.78 bits per heavy atom. The van der Waals surface area contributed by atoms with Crippen molar-refractivity contribution in [1.29, 1.82) is 5.26 Å². The molecule has 0 aliphatic heterocycles. The lowest BCUT2D eigenvalue weighted by Gasteiger charge is -1.97. The third kappa shape index (κ3) is 4.82. The second-order valence-electron chi connectivity index (χ2n) is 1.43. The van der Waals surface area contributed by atoms with Crippen molar-refractivity contribution >= 4 is 5.90 Å². The average Bonchev–Trinajstić information content (AvgIpc) is 1.85. The number of nitriles is 1. The van der Waals surface area contributed by atoms with E-state index in [1.54, 1.807) is 6.92 Å². The van der Waals surface area contributed by atoms with Gasteiger partial charge in [0.2, 0.25) is 0 Å². The topological polar surface area (TPSA) is 45.4 Å². The van der Waals surface area contributed by atoms with Crippen LogP contribution in [-0.2, 0) is 4.74 Å². The van der Waals surface area contributed by atoms with E-state index in [0.29, 0.717) is 12.5 Å². The van der Waals surface area contributed by atoms with Crippen LogP contribution in [0.5, 0.6) is 0 Å². The van der Waals surface area contributed by atoms with Gasteiger partial charge in [0.25, 0.3) is 0 Å². The summed E-state index contributed by atoms with van der Waals surface area (Å²) in [6.45, 7) is 4.42. The van der Waals surface area contributed by atoms with Crippen LogP contribution >= 0.6 is 0 Å². The molecule has 0 unspecified atom stereocenters. The molecule has 0 fully saturated rings. The zero-order valence-electron chi connectivity index (χ0n) is 5.72. The lowest BCUT2D eigenvalue weighted by atomic mass is 10.7. The molecular formula is C6H10N2O.